The quantitative estimate of drug-likeness (QED) is 0.870. The Balaban J connectivity index is 1.92. The molecule has 1 amide bonds. The Morgan fingerprint density at radius 1 is 1.16 bits per heavy atom. The second-order valence-electron chi connectivity index (χ2n) is 5.93. The molecule has 2 aromatic carbocycles. The molecule has 1 heterocycles. The summed E-state index contributed by atoms with van der Waals surface area (Å²) in [6, 6.07) is 13.8. The lowest BCUT2D eigenvalue weighted by atomic mass is 10.0. The van der Waals surface area contributed by atoms with Crippen molar-refractivity contribution in [3.05, 3.63) is 77.6 Å². The van der Waals surface area contributed by atoms with E-state index < -0.39 is 0 Å². The van der Waals surface area contributed by atoms with Crippen LogP contribution in [0, 0.1) is 5.82 Å². The molecule has 130 valence electrons. The van der Waals surface area contributed by atoms with Crippen LogP contribution in [0.1, 0.15) is 17.2 Å². The van der Waals surface area contributed by atoms with Gasteiger partial charge in [-0.1, -0.05) is 36.4 Å². The third kappa shape index (κ3) is 4.25. The van der Waals surface area contributed by atoms with Crippen LogP contribution >= 0.6 is 0 Å². The smallest absolute Gasteiger partial charge is 0.237 e. The molecule has 1 N–H and O–H groups in total. The summed E-state index contributed by atoms with van der Waals surface area (Å²) >= 11 is 0. The SMILES string of the molecule is COc1ccc(C2/C=C\CNCC(=O)N2Cc2ccc(F)cc2)cc1. The first-order chi connectivity index (χ1) is 12.2. The molecule has 25 heavy (non-hydrogen) atoms. The maximum absolute atomic E-state index is 13.2. The minimum Gasteiger partial charge on any atom is -0.497 e. The standard InChI is InChI=1S/C20H21FN2O2/c1-25-18-10-6-16(7-11-18)19-3-2-12-22-13-20(24)23(19)14-15-4-8-17(21)9-5-15/h2-11,19,22H,12-14H2,1H3/b3-2-. The van der Waals surface area contributed by atoms with Gasteiger partial charge in [0.05, 0.1) is 19.7 Å². The third-order valence-corrected chi connectivity index (χ3v) is 4.24. The lowest BCUT2D eigenvalue weighted by molar-refractivity contribution is -0.132. The maximum atomic E-state index is 13.2. The summed E-state index contributed by atoms with van der Waals surface area (Å²) in [6.07, 6.45) is 4.05. The predicted octanol–water partition coefficient (Wildman–Crippen LogP) is 3.06. The number of ether oxygens (including phenoxy) is 1. The highest BCUT2D eigenvalue weighted by molar-refractivity contribution is 5.79. The molecule has 1 aliphatic heterocycles. The molecule has 3 rings (SSSR count). The fraction of sp³-hybridized carbons (Fsp3) is 0.250. The van der Waals surface area contributed by atoms with Gasteiger partial charge < -0.3 is 15.0 Å². The molecule has 0 aromatic heterocycles. The second-order valence-corrected chi connectivity index (χ2v) is 5.93. The van der Waals surface area contributed by atoms with Gasteiger partial charge in [-0.25, -0.2) is 4.39 Å². The Kier molecular flexibility index (Phi) is 5.46. The molecular weight excluding hydrogens is 319 g/mol. The van der Waals surface area contributed by atoms with Crippen molar-refractivity contribution in [2.24, 2.45) is 0 Å². The molecule has 0 fully saturated rings. The lowest BCUT2D eigenvalue weighted by Gasteiger charge is -2.32. The van der Waals surface area contributed by atoms with Crippen LogP contribution in [-0.2, 0) is 11.3 Å². The highest BCUT2D eigenvalue weighted by atomic mass is 19.1. The fourth-order valence-electron chi connectivity index (χ4n) is 2.89. The van der Waals surface area contributed by atoms with E-state index in [9.17, 15) is 9.18 Å². The fourth-order valence-corrected chi connectivity index (χ4v) is 2.89. The molecule has 0 spiro atoms. The zero-order chi connectivity index (χ0) is 17.6. The number of carbonyl (C=O) groups excluding carboxylic acids is 1. The number of hydrogen-bond acceptors (Lipinski definition) is 3. The number of hydrogen-bond donors (Lipinski definition) is 1. The van der Waals surface area contributed by atoms with Crippen LogP contribution in [0.4, 0.5) is 4.39 Å². The van der Waals surface area contributed by atoms with Gasteiger partial charge in [0, 0.05) is 13.1 Å². The number of nitrogens with zero attached hydrogens (tertiary/aromatic N) is 1. The molecule has 2 aromatic rings. The highest BCUT2D eigenvalue weighted by Gasteiger charge is 2.24. The van der Waals surface area contributed by atoms with Crippen LogP contribution < -0.4 is 10.1 Å². The van der Waals surface area contributed by atoms with Crippen LogP contribution in [-0.4, -0.2) is 31.0 Å². The van der Waals surface area contributed by atoms with Gasteiger partial charge in [0.15, 0.2) is 0 Å². The van der Waals surface area contributed by atoms with Crippen molar-refractivity contribution in [3.8, 4) is 5.75 Å². The summed E-state index contributed by atoms with van der Waals surface area (Å²) in [6.45, 7) is 1.35. The van der Waals surface area contributed by atoms with Crippen molar-refractivity contribution in [2.75, 3.05) is 20.2 Å². The van der Waals surface area contributed by atoms with Gasteiger partial charge >= 0.3 is 0 Å². The topological polar surface area (TPSA) is 41.6 Å². The van der Waals surface area contributed by atoms with Crippen LogP contribution in [0.15, 0.2) is 60.7 Å². The van der Waals surface area contributed by atoms with Gasteiger partial charge in [0.25, 0.3) is 0 Å². The molecule has 0 aliphatic carbocycles. The Morgan fingerprint density at radius 2 is 1.88 bits per heavy atom. The molecule has 0 radical (unpaired) electrons. The van der Waals surface area contributed by atoms with Crippen molar-refractivity contribution in [3.63, 3.8) is 0 Å². The van der Waals surface area contributed by atoms with Crippen LogP contribution in [0.2, 0.25) is 0 Å². The van der Waals surface area contributed by atoms with Crippen molar-refractivity contribution in [1.29, 1.82) is 0 Å². The first kappa shape index (κ1) is 17.2. The Morgan fingerprint density at radius 3 is 2.56 bits per heavy atom. The Bertz CT molecular complexity index is 741. The van der Waals surface area contributed by atoms with Gasteiger partial charge in [-0.05, 0) is 35.4 Å². The second kappa shape index (κ2) is 7.94. The molecule has 1 unspecified atom stereocenters. The van der Waals surface area contributed by atoms with E-state index in [1.165, 1.54) is 12.1 Å². The summed E-state index contributed by atoms with van der Waals surface area (Å²) < 4.78 is 18.4. The summed E-state index contributed by atoms with van der Waals surface area (Å²) in [7, 11) is 1.63. The Hall–Kier alpha value is -2.66. The zero-order valence-corrected chi connectivity index (χ0v) is 14.1. The first-order valence-electron chi connectivity index (χ1n) is 8.22. The van der Waals surface area contributed by atoms with E-state index in [0.717, 1.165) is 16.9 Å². The predicted molar refractivity (Wildman–Crippen MR) is 94.7 cm³/mol. The molecular formula is C20H21FN2O2. The molecule has 1 atom stereocenters. The number of amides is 1. The van der Waals surface area contributed by atoms with Crippen molar-refractivity contribution in [1.82, 2.24) is 10.2 Å². The molecule has 5 heteroatoms. The van der Waals surface area contributed by atoms with Crippen LogP contribution in [0.25, 0.3) is 0 Å². The minimum absolute atomic E-state index is 0.00879. The molecule has 1 aliphatic rings. The number of halogens is 1. The first-order valence-corrected chi connectivity index (χ1v) is 8.22. The maximum Gasteiger partial charge on any atom is 0.237 e. The van der Waals surface area contributed by atoms with Crippen LogP contribution in [0.5, 0.6) is 5.75 Å². The molecule has 0 saturated carbocycles. The van der Waals surface area contributed by atoms with E-state index in [2.05, 4.69) is 5.32 Å². The number of methoxy groups -OCH3 is 1. The molecule has 4 nitrogen and oxygen atoms in total. The minimum atomic E-state index is -0.281. The van der Waals surface area contributed by atoms with E-state index in [0.29, 0.717) is 13.1 Å². The zero-order valence-electron chi connectivity index (χ0n) is 14.1. The average molecular weight is 340 g/mol. The van der Waals surface area contributed by atoms with Crippen molar-refractivity contribution in [2.45, 2.75) is 12.6 Å². The van der Waals surface area contributed by atoms with E-state index in [4.69, 9.17) is 4.74 Å². The number of carbonyl (C=O) groups is 1. The monoisotopic (exact) mass is 340 g/mol. The van der Waals surface area contributed by atoms with Gasteiger partial charge in [-0.3, -0.25) is 4.79 Å². The normalized spacial score (nSPS) is 19.2. The van der Waals surface area contributed by atoms with Gasteiger partial charge in [0.1, 0.15) is 11.6 Å². The number of benzene rings is 2. The number of rotatable bonds is 4. The van der Waals surface area contributed by atoms with Crippen molar-refractivity contribution >= 4 is 5.91 Å². The van der Waals surface area contributed by atoms with Crippen LogP contribution in [0.3, 0.4) is 0 Å². The molecule has 0 bridgehead atoms. The summed E-state index contributed by atoms with van der Waals surface area (Å²) in [5, 5.41) is 3.09. The largest absolute Gasteiger partial charge is 0.497 e. The Labute approximate surface area is 146 Å². The van der Waals surface area contributed by atoms with Crippen molar-refractivity contribution < 1.29 is 13.9 Å². The van der Waals surface area contributed by atoms with E-state index >= 15 is 0 Å². The lowest BCUT2D eigenvalue weighted by Crippen LogP contribution is -2.41. The average Bonchev–Trinajstić information content (AvgIpc) is 2.63. The van der Waals surface area contributed by atoms with E-state index in [1.54, 1.807) is 24.1 Å². The van der Waals surface area contributed by atoms with E-state index in [-0.39, 0.29) is 24.3 Å². The number of nitrogens with one attached hydrogen (secondary N) is 1. The summed E-state index contributed by atoms with van der Waals surface area (Å²) in [4.78, 5) is 14.5. The highest BCUT2D eigenvalue weighted by Crippen LogP contribution is 2.27. The van der Waals surface area contributed by atoms with E-state index in [1.807, 2.05) is 36.4 Å². The third-order valence-electron chi connectivity index (χ3n) is 4.24. The van der Waals surface area contributed by atoms with Gasteiger partial charge in [-0.15, -0.1) is 0 Å². The van der Waals surface area contributed by atoms with Gasteiger partial charge in [-0.2, -0.15) is 0 Å². The van der Waals surface area contributed by atoms with Gasteiger partial charge in [0.2, 0.25) is 5.91 Å². The summed E-state index contributed by atoms with van der Waals surface area (Å²) in [5.41, 5.74) is 1.90. The molecule has 0 saturated heterocycles. The summed E-state index contributed by atoms with van der Waals surface area (Å²) in [5.74, 6) is 0.502.